The monoisotopic (exact) mass is 309 g/mol. The fraction of sp³-hybridized carbons (Fsp3) is 0.133. The Labute approximate surface area is 127 Å². The number of benzene rings is 2. The molecule has 5 heteroatoms. The number of halogens is 2. The zero-order chi connectivity index (χ0) is 14.5. The van der Waals surface area contributed by atoms with Gasteiger partial charge in [0.05, 0.1) is 30.0 Å². The van der Waals surface area contributed by atoms with E-state index in [1.165, 1.54) is 0 Å². The van der Waals surface area contributed by atoms with Crippen molar-refractivity contribution in [3.63, 3.8) is 0 Å². The van der Waals surface area contributed by atoms with Crippen LogP contribution >= 0.6 is 23.2 Å². The van der Waals surface area contributed by atoms with E-state index in [4.69, 9.17) is 32.7 Å². The number of methoxy groups -OCH3 is 2. The Bertz CT molecular complexity index is 642. The number of ether oxygens (including phenoxy) is 2. The molecule has 0 atom stereocenters. The molecule has 0 aliphatic heterocycles. The van der Waals surface area contributed by atoms with Gasteiger partial charge in [-0.1, -0.05) is 23.2 Å². The summed E-state index contributed by atoms with van der Waals surface area (Å²) in [6, 6.07) is 10.8. The summed E-state index contributed by atoms with van der Waals surface area (Å²) in [5, 5.41) is 0.991. The fourth-order valence-electron chi connectivity index (χ4n) is 1.65. The maximum Gasteiger partial charge on any atom is 0.161 e. The number of hydrogen-bond acceptors (Lipinski definition) is 3. The maximum atomic E-state index is 5.94. The van der Waals surface area contributed by atoms with Crippen LogP contribution in [0.4, 0.5) is 5.69 Å². The second-order valence-corrected chi connectivity index (χ2v) is 4.79. The van der Waals surface area contributed by atoms with E-state index in [-0.39, 0.29) is 0 Å². The lowest BCUT2D eigenvalue weighted by atomic mass is 10.2. The summed E-state index contributed by atoms with van der Waals surface area (Å²) in [6.07, 6.45) is 1.72. The fourth-order valence-corrected chi connectivity index (χ4v) is 1.94. The molecule has 2 rings (SSSR count). The zero-order valence-electron chi connectivity index (χ0n) is 11.1. The summed E-state index contributed by atoms with van der Waals surface area (Å²) in [4.78, 5) is 4.34. The van der Waals surface area contributed by atoms with E-state index in [0.717, 1.165) is 11.3 Å². The molecule has 0 bridgehead atoms. The van der Waals surface area contributed by atoms with Crippen LogP contribution in [0.25, 0.3) is 0 Å². The first-order valence-electron chi connectivity index (χ1n) is 5.85. The maximum absolute atomic E-state index is 5.94. The molecule has 0 saturated heterocycles. The van der Waals surface area contributed by atoms with Crippen LogP contribution in [0, 0.1) is 0 Å². The molecule has 2 aromatic carbocycles. The molecular formula is C15H13Cl2NO2. The van der Waals surface area contributed by atoms with Gasteiger partial charge in [0.2, 0.25) is 0 Å². The van der Waals surface area contributed by atoms with Gasteiger partial charge in [0, 0.05) is 6.21 Å². The van der Waals surface area contributed by atoms with Crippen molar-refractivity contribution in [2.45, 2.75) is 0 Å². The predicted molar refractivity (Wildman–Crippen MR) is 83.3 cm³/mol. The van der Waals surface area contributed by atoms with Gasteiger partial charge >= 0.3 is 0 Å². The summed E-state index contributed by atoms with van der Waals surface area (Å²) < 4.78 is 10.4. The van der Waals surface area contributed by atoms with E-state index in [1.54, 1.807) is 38.6 Å². The van der Waals surface area contributed by atoms with Gasteiger partial charge in [0.25, 0.3) is 0 Å². The normalized spacial score (nSPS) is 10.8. The summed E-state index contributed by atoms with van der Waals surface area (Å²) in [5.74, 6) is 1.34. The zero-order valence-corrected chi connectivity index (χ0v) is 12.6. The largest absolute Gasteiger partial charge is 0.493 e. The highest BCUT2D eigenvalue weighted by molar-refractivity contribution is 6.42. The SMILES string of the molecule is COc1ccc(C=Nc2ccc(Cl)c(Cl)c2)cc1OC. The molecule has 0 heterocycles. The Balaban J connectivity index is 2.24. The molecule has 0 aromatic heterocycles. The standard InChI is InChI=1S/C15H13Cl2NO2/c1-19-14-6-3-10(7-15(14)20-2)9-18-11-4-5-12(16)13(17)8-11/h3-9H,1-2H3. The van der Waals surface area contributed by atoms with Gasteiger partial charge in [0.1, 0.15) is 0 Å². The Kier molecular flexibility index (Phi) is 4.88. The Morgan fingerprint density at radius 2 is 1.65 bits per heavy atom. The van der Waals surface area contributed by atoms with Crippen molar-refractivity contribution in [3.05, 3.63) is 52.0 Å². The molecular weight excluding hydrogens is 297 g/mol. The van der Waals surface area contributed by atoms with E-state index in [9.17, 15) is 0 Å². The van der Waals surface area contributed by atoms with Crippen LogP contribution in [0.3, 0.4) is 0 Å². The molecule has 3 nitrogen and oxygen atoms in total. The highest BCUT2D eigenvalue weighted by atomic mass is 35.5. The van der Waals surface area contributed by atoms with Crippen molar-refractivity contribution in [2.75, 3.05) is 14.2 Å². The lowest BCUT2D eigenvalue weighted by molar-refractivity contribution is 0.355. The second kappa shape index (κ2) is 6.64. The summed E-state index contributed by atoms with van der Waals surface area (Å²) in [6.45, 7) is 0. The van der Waals surface area contributed by atoms with E-state index in [1.807, 2.05) is 18.2 Å². The van der Waals surface area contributed by atoms with Crippen molar-refractivity contribution in [2.24, 2.45) is 4.99 Å². The van der Waals surface area contributed by atoms with Crippen LogP contribution < -0.4 is 9.47 Å². The molecule has 0 fully saturated rings. The van der Waals surface area contributed by atoms with Gasteiger partial charge in [0.15, 0.2) is 11.5 Å². The van der Waals surface area contributed by atoms with Crippen molar-refractivity contribution in [3.8, 4) is 11.5 Å². The van der Waals surface area contributed by atoms with Gasteiger partial charge in [-0.3, -0.25) is 4.99 Å². The number of aliphatic imine (C=N–C) groups is 1. The summed E-state index contributed by atoms with van der Waals surface area (Å²) in [7, 11) is 3.19. The van der Waals surface area contributed by atoms with Crippen molar-refractivity contribution in [1.29, 1.82) is 0 Å². The summed E-state index contributed by atoms with van der Waals surface area (Å²) in [5.41, 5.74) is 1.63. The van der Waals surface area contributed by atoms with Crippen LogP contribution in [0.1, 0.15) is 5.56 Å². The minimum absolute atomic E-state index is 0.480. The van der Waals surface area contributed by atoms with Gasteiger partial charge in [-0.25, -0.2) is 0 Å². The Morgan fingerprint density at radius 1 is 0.900 bits per heavy atom. The molecule has 0 amide bonds. The van der Waals surface area contributed by atoms with Crippen LogP contribution in [-0.4, -0.2) is 20.4 Å². The molecule has 20 heavy (non-hydrogen) atoms. The molecule has 2 aromatic rings. The molecule has 0 aliphatic rings. The van der Waals surface area contributed by atoms with Crippen LogP contribution in [0.15, 0.2) is 41.4 Å². The molecule has 0 aliphatic carbocycles. The average Bonchev–Trinajstić information content (AvgIpc) is 2.48. The van der Waals surface area contributed by atoms with Gasteiger partial charge in [-0.15, -0.1) is 0 Å². The molecule has 104 valence electrons. The third-order valence-electron chi connectivity index (χ3n) is 2.67. The third-order valence-corrected chi connectivity index (χ3v) is 3.41. The molecule has 0 radical (unpaired) electrons. The van der Waals surface area contributed by atoms with Gasteiger partial charge in [-0.2, -0.15) is 0 Å². The van der Waals surface area contributed by atoms with Crippen molar-refractivity contribution in [1.82, 2.24) is 0 Å². The number of nitrogens with zero attached hydrogens (tertiary/aromatic N) is 1. The highest BCUT2D eigenvalue weighted by Crippen LogP contribution is 2.28. The summed E-state index contributed by atoms with van der Waals surface area (Å²) >= 11 is 11.8. The smallest absolute Gasteiger partial charge is 0.161 e. The van der Waals surface area contributed by atoms with E-state index >= 15 is 0 Å². The number of hydrogen-bond donors (Lipinski definition) is 0. The highest BCUT2D eigenvalue weighted by Gasteiger charge is 2.03. The molecule has 0 unspecified atom stereocenters. The van der Waals surface area contributed by atoms with Gasteiger partial charge in [-0.05, 0) is 42.0 Å². The molecule has 0 spiro atoms. The first-order valence-corrected chi connectivity index (χ1v) is 6.61. The van der Waals surface area contributed by atoms with Crippen LogP contribution in [-0.2, 0) is 0 Å². The Hall–Kier alpha value is -1.71. The molecule has 0 saturated carbocycles. The lowest BCUT2D eigenvalue weighted by Gasteiger charge is -2.07. The third kappa shape index (κ3) is 3.44. The molecule has 0 N–H and O–H groups in total. The van der Waals surface area contributed by atoms with Gasteiger partial charge < -0.3 is 9.47 Å². The van der Waals surface area contributed by atoms with Crippen molar-refractivity contribution < 1.29 is 9.47 Å². The van der Waals surface area contributed by atoms with Crippen molar-refractivity contribution >= 4 is 35.1 Å². The number of rotatable bonds is 4. The van der Waals surface area contributed by atoms with E-state index in [2.05, 4.69) is 4.99 Å². The average molecular weight is 310 g/mol. The van der Waals surface area contributed by atoms with Crippen LogP contribution in [0.2, 0.25) is 10.0 Å². The van der Waals surface area contributed by atoms with Crippen LogP contribution in [0.5, 0.6) is 11.5 Å². The first kappa shape index (κ1) is 14.7. The second-order valence-electron chi connectivity index (χ2n) is 3.97. The topological polar surface area (TPSA) is 30.8 Å². The quantitative estimate of drug-likeness (QED) is 0.762. The van der Waals surface area contributed by atoms with E-state index < -0.39 is 0 Å². The predicted octanol–water partition coefficient (Wildman–Crippen LogP) is 4.76. The minimum atomic E-state index is 0.480. The lowest BCUT2D eigenvalue weighted by Crippen LogP contribution is -1.91. The van der Waals surface area contributed by atoms with E-state index in [0.29, 0.717) is 21.5 Å². The Morgan fingerprint density at radius 3 is 2.30 bits per heavy atom. The minimum Gasteiger partial charge on any atom is -0.493 e. The first-order chi connectivity index (χ1) is 9.63.